The SMILES string of the molecule is C=CC1=C(C=C)N2C(=C3C(=O)c4ccccc4N3CC2C)C1=O. The Hall–Kier alpha value is -2.88. The molecule has 0 N–H and O–H groups in total. The second-order valence-corrected chi connectivity index (χ2v) is 5.91. The number of hydrogen-bond acceptors (Lipinski definition) is 4. The van der Waals surface area contributed by atoms with E-state index in [1.165, 1.54) is 0 Å². The van der Waals surface area contributed by atoms with Crippen LogP contribution in [-0.2, 0) is 4.79 Å². The summed E-state index contributed by atoms with van der Waals surface area (Å²) in [5.74, 6) is -0.239. The van der Waals surface area contributed by atoms with E-state index in [1.54, 1.807) is 12.2 Å². The Morgan fingerprint density at radius 2 is 1.83 bits per heavy atom. The van der Waals surface area contributed by atoms with Gasteiger partial charge in [0.2, 0.25) is 11.6 Å². The van der Waals surface area contributed by atoms with Gasteiger partial charge in [-0.25, -0.2) is 0 Å². The number of anilines is 1. The first-order valence-electron chi connectivity index (χ1n) is 7.58. The summed E-state index contributed by atoms with van der Waals surface area (Å²) in [5.41, 5.74) is 3.72. The third-order valence-electron chi connectivity index (χ3n) is 4.67. The van der Waals surface area contributed by atoms with Gasteiger partial charge in [-0.15, -0.1) is 0 Å². The smallest absolute Gasteiger partial charge is 0.213 e. The Morgan fingerprint density at radius 1 is 1.09 bits per heavy atom. The van der Waals surface area contributed by atoms with Crippen LogP contribution in [0.3, 0.4) is 0 Å². The highest BCUT2D eigenvalue weighted by molar-refractivity contribution is 6.26. The summed E-state index contributed by atoms with van der Waals surface area (Å²) in [7, 11) is 0. The van der Waals surface area contributed by atoms with Crippen molar-refractivity contribution in [2.24, 2.45) is 0 Å². The van der Waals surface area contributed by atoms with Crippen molar-refractivity contribution in [2.45, 2.75) is 13.0 Å². The number of fused-ring (bicyclic) bond motifs is 4. The number of benzene rings is 1. The average Bonchev–Trinajstić information content (AvgIpc) is 3.01. The molecule has 3 heterocycles. The standard InChI is InChI=1S/C19H16N2O2/c1-4-12-14(5-2)21-11(3)10-20-15-9-7-6-8-13(15)19(23)16(20)17(21)18(12)22/h4-9,11H,1-2,10H2,3H3. The predicted octanol–water partition coefficient (Wildman–Crippen LogP) is 2.81. The number of Topliss-reactive ketones (excluding diaryl/α,β-unsaturated/α-hetero) is 2. The summed E-state index contributed by atoms with van der Waals surface area (Å²) in [5, 5.41) is 0. The van der Waals surface area contributed by atoms with E-state index in [2.05, 4.69) is 13.2 Å². The number of allylic oxidation sites excluding steroid dienone is 4. The molecule has 0 aromatic heterocycles. The van der Waals surface area contributed by atoms with E-state index in [1.807, 2.05) is 41.0 Å². The molecule has 0 bridgehead atoms. The first-order valence-corrected chi connectivity index (χ1v) is 7.58. The Bertz CT molecular complexity index is 860. The summed E-state index contributed by atoms with van der Waals surface area (Å²) in [4.78, 5) is 29.6. The zero-order valence-corrected chi connectivity index (χ0v) is 12.9. The molecule has 114 valence electrons. The largest absolute Gasteiger partial charge is 0.334 e. The van der Waals surface area contributed by atoms with Crippen LogP contribution in [0.1, 0.15) is 17.3 Å². The van der Waals surface area contributed by atoms with E-state index in [-0.39, 0.29) is 17.6 Å². The summed E-state index contributed by atoms with van der Waals surface area (Å²) in [6.07, 6.45) is 3.22. The first-order chi connectivity index (χ1) is 11.1. The summed E-state index contributed by atoms with van der Waals surface area (Å²) in [6, 6.07) is 7.56. The van der Waals surface area contributed by atoms with Crippen molar-refractivity contribution in [1.82, 2.24) is 4.90 Å². The molecule has 0 spiro atoms. The van der Waals surface area contributed by atoms with Crippen molar-refractivity contribution in [2.75, 3.05) is 11.4 Å². The fraction of sp³-hybridized carbons (Fsp3) is 0.158. The van der Waals surface area contributed by atoms with Gasteiger partial charge in [0.05, 0.1) is 11.4 Å². The van der Waals surface area contributed by atoms with Crippen molar-refractivity contribution in [3.63, 3.8) is 0 Å². The van der Waals surface area contributed by atoms with Gasteiger partial charge in [-0.2, -0.15) is 0 Å². The maximum absolute atomic E-state index is 12.9. The van der Waals surface area contributed by atoms with Gasteiger partial charge in [0.1, 0.15) is 11.4 Å². The highest BCUT2D eigenvalue weighted by atomic mass is 16.1. The number of carbonyl (C=O) groups excluding carboxylic acids is 2. The molecule has 23 heavy (non-hydrogen) atoms. The molecule has 0 radical (unpaired) electrons. The molecule has 0 amide bonds. The molecule has 0 aliphatic carbocycles. The molecular weight excluding hydrogens is 288 g/mol. The zero-order valence-electron chi connectivity index (χ0n) is 12.9. The van der Waals surface area contributed by atoms with E-state index in [0.29, 0.717) is 29.1 Å². The number of nitrogens with zero attached hydrogens (tertiary/aromatic N) is 2. The maximum atomic E-state index is 12.9. The van der Waals surface area contributed by atoms with Crippen LogP contribution in [0.15, 0.2) is 72.2 Å². The van der Waals surface area contributed by atoms with Crippen LogP contribution >= 0.6 is 0 Å². The third-order valence-corrected chi connectivity index (χ3v) is 4.67. The van der Waals surface area contributed by atoms with Crippen LogP contribution in [0.2, 0.25) is 0 Å². The Kier molecular flexibility index (Phi) is 2.73. The Labute approximate surface area is 134 Å². The predicted molar refractivity (Wildman–Crippen MR) is 88.9 cm³/mol. The van der Waals surface area contributed by atoms with E-state index in [9.17, 15) is 9.59 Å². The second kappa shape index (κ2) is 4.56. The minimum Gasteiger partial charge on any atom is -0.334 e. The van der Waals surface area contributed by atoms with Gasteiger partial charge in [-0.05, 0) is 25.1 Å². The molecule has 0 saturated carbocycles. The third kappa shape index (κ3) is 1.55. The first kappa shape index (κ1) is 13.8. The van der Waals surface area contributed by atoms with Crippen LogP contribution in [0, 0.1) is 0 Å². The number of ketones is 2. The number of carbonyl (C=O) groups is 2. The monoisotopic (exact) mass is 304 g/mol. The molecule has 0 fully saturated rings. The Morgan fingerprint density at radius 3 is 2.52 bits per heavy atom. The lowest BCUT2D eigenvalue weighted by molar-refractivity contribution is -0.112. The van der Waals surface area contributed by atoms with E-state index < -0.39 is 0 Å². The molecule has 3 aliphatic rings. The minimum atomic E-state index is -0.150. The van der Waals surface area contributed by atoms with Gasteiger partial charge in [0, 0.05) is 23.7 Å². The number of rotatable bonds is 2. The van der Waals surface area contributed by atoms with Gasteiger partial charge in [0.25, 0.3) is 0 Å². The lowest BCUT2D eigenvalue weighted by Crippen LogP contribution is -2.46. The van der Waals surface area contributed by atoms with Crippen LogP contribution in [0.5, 0.6) is 0 Å². The number of hydrogen-bond donors (Lipinski definition) is 0. The van der Waals surface area contributed by atoms with Gasteiger partial charge >= 0.3 is 0 Å². The van der Waals surface area contributed by atoms with Crippen molar-refractivity contribution < 1.29 is 9.59 Å². The highest BCUT2D eigenvalue weighted by Crippen LogP contribution is 2.44. The van der Waals surface area contributed by atoms with Crippen molar-refractivity contribution in [1.29, 1.82) is 0 Å². The van der Waals surface area contributed by atoms with E-state index in [0.717, 1.165) is 11.4 Å². The molecule has 4 nitrogen and oxygen atoms in total. The zero-order chi connectivity index (χ0) is 16.3. The number of para-hydroxylation sites is 1. The van der Waals surface area contributed by atoms with Gasteiger partial charge < -0.3 is 9.80 Å². The normalized spacial score (nSPS) is 22.4. The Balaban J connectivity index is 2.00. The maximum Gasteiger partial charge on any atom is 0.213 e. The van der Waals surface area contributed by atoms with Crippen LogP contribution in [0.25, 0.3) is 0 Å². The van der Waals surface area contributed by atoms with Crippen LogP contribution in [0.4, 0.5) is 5.69 Å². The van der Waals surface area contributed by atoms with E-state index in [4.69, 9.17) is 0 Å². The van der Waals surface area contributed by atoms with Gasteiger partial charge in [-0.3, -0.25) is 9.59 Å². The van der Waals surface area contributed by atoms with Crippen LogP contribution < -0.4 is 4.90 Å². The van der Waals surface area contributed by atoms with Crippen molar-refractivity contribution >= 4 is 17.3 Å². The second-order valence-electron chi connectivity index (χ2n) is 5.91. The summed E-state index contributed by atoms with van der Waals surface area (Å²) in [6.45, 7) is 10.3. The molecule has 1 unspecified atom stereocenters. The minimum absolute atomic E-state index is 0.0575. The fourth-order valence-electron chi connectivity index (χ4n) is 3.73. The molecule has 1 atom stereocenters. The quantitative estimate of drug-likeness (QED) is 0.842. The molecule has 4 rings (SSSR count). The summed E-state index contributed by atoms with van der Waals surface area (Å²) < 4.78 is 0. The van der Waals surface area contributed by atoms with Crippen molar-refractivity contribution in [3.05, 3.63) is 77.8 Å². The molecule has 4 heteroatoms. The van der Waals surface area contributed by atoms with Gasteiger partial charge in [0.15, 0.2) is 0 Å². The lowest BCUT2D eigenvalue weighted by atomic mass is 10.1. The highest BCUT2D eigenvalue weighted by Gasteiger charge is 2.47. The molecule has 3 aliphatic heterocycles. The van der Waals surface area contributed by atoms with Crippen molar-refractivity contribution in [3.8, 4) is 0 Å². The molecular formula is C19H16N2O2. The average molecular weight is 304 g/mol. The topological polar surface area (TPSA) is 40.6 Å². The molecule has 0 saturated heterocycles. The molecule has 1 aromatic rings. The van der Waals surface area contributed by atoms with Crippen LogP contribution in [-0.4, -0.2) is 29.1 Å². The lowest BCUT2D eigenvalue weighted by Gasteiger charge is -2.39. The fourth-order valence-corrected chi connectivity index (χ4v) is 3.73. The van der Waals surface area contributed by atoms with Gasteiger partial charge in [-0.1, -0.05) is 31.4 Å². The summed E-state index contributed by atoms with van der Waals surface area (Å²) >= 11 is 0. The van der Waals surface area contributed by atoms with E-state index >= 15 is 0 Å². The molecule has 1 aromatic carbocycles.